The zero-order valence-corrected chi connectivity index (χ0v) is 19.0. The van der Waals surface area contributed by atoms with Gasteiger partial charge in [0.15, 0.2) is 5.96 Å². The molecule has 5 heteroatoms. The Morgan fingerprint density at radius 2 is 1.76 bits per heavy atom. The van der Waals surface area contributed by atoms with Crippen molar-refractivity contribution in [3.8, 4) is 0 Å². The lowest BCUT2D eigenvalue weighted by molar-refractivity contribution is 0.268. The number of hydrogen-bond donors (Lipinski definition) is 2. The van der Waals surface area contributed by atoms with Gasteiger partial charge in [0.2, 0.25) is 0 Å². The van der Waals surface area contributed by atoms with Crippen LogP contribution < -0.4 is 10.6 Å². The second-order valence-electron chi connectivity index (χ2n) is 6.53. The van der Waals surface area contributed by atoms with Gasteiger partial charge in [0.25, 0.3) is 0 Å². The van der Waals surface area contributed by atoms with Crippen LogP contribution in [0.15, 0.2) is 29.3 Å². The van der Waals surface area contributed by atoms with Crippen LogP contribution in [0.4, 0.5) is 0 Å². The molecule has 0 heterocycles. The van der Waals surface area contributed by atoms with E-state index in [4.69, 9.17) is 4.99 Å². The van der Waals surface area contributed by atoms with E-state index in [0.29, 0.717) is 6.04 Å². The van der Waals surface area contributed by atoms with Crippen molar-refractivity contribution in [2.75, 3.05) is 26.7 Å². The summed E-state index contributed by atoms with van der Waals surface area (Å²) in [6.45, 7) is 12.5. The number of aryl methyl sites for hydroxylation is 1. The lowest BCUT2D eigenvalue weighted by Gasteiger charge is -2.20. The summed E-state index contributed by atoms with van der Waals surface area (Å²) < 4.78 is 0. The first-order valence-corrected chi connectivity index (χ1v) is 9.37. The highest BCUT2D eigenvalue weighted by molar-refractivity contribution is 14.0. The van der Waals surface area contributed by atoms with Crippen molar-refractivity contribution in [2.24, 2.45) is 4.99 Å². The normalized spacial score (nSPS) is 11.6. The number of rotatable bonds is 10. The first-order valence-electron chi connectivity index (χ1n) is 9.37. The van der Waals surface area contributed by atoms with Crippen LogP contribution in [0.1, 0.15) is 51.7 Å². The highest BCUT2D eigenvalue weighted by Gasteiger charge is 2.03. The fraction of sp³-hybridized carbons (Fsp3) is 0.650. The number of aliphatic imine (C=N–C) groups is 1. The van der Waals surface area contributed by atoms with Gasteiger partial charge in [-0.3, -0.25) is 0 Å². The lowest BCUT2D eigenvalue weighted by Crippen LogP contribution is -2.38. The third-order valence-corrected chi connectivity index (χ3v) is 4.36. The van der Waals surface area contributed by atoms with Crippen LogP contribution >= 0.6 is 24.0 Å². The molecule has 0 unspecified atom stereocenters. The standard InChI is InChI=1S/C20H36N4.HI/c1-6-18-12-8-9-13-19(18)16-23-20(21-7-2)22-14-10-11-15-24(5)17(3)4;/h8-9,12-13,17H,6-7,10-11,14-16H2,1-5H3,(H2,21,22,23);1H. The molecule has 0 spiro atoms. The molecule has 4 nitrogen and oxygen atoms in total. The van der Waals surface area contributed by atoms with Crippen LogP contribution in [0, 0.1) is 0 Å². The Balaban J connectivity index is 0.00000576. The van der Waals surface area contributed by atoms with E-state index < -0.39 is 0 Å². The molecule has 2 N–H and O–H groups in total. The quantitative estimate of drug-likeness (QED) is 0.240. The van der Waals surface area contributed by atoms with Crippen molar-refractivity contribution >= 4 is 29.9 Å². The Kier molecular flexibility index (Phi) is 13.9. The van der Waals surface area contributed by atoms with E-state index in [1.54, 1.807) is 0 Å². The maximum absolute atomic E-state index is 4.74. The van der Waals surface area contributed by atoms with Crippen LogP contribution in [-0.4, -0.2) is 43.6 Å². The first-order chi connectivity index (χ1) is 11.6. The predicted octanol–water partition coefficient (Wildman–Crippen LogP) is 4.04. The largest absolute Gasteiger partial charge is 0.357 e. The molecule has 0 aliphatic carbocycles. The summed E-state index contributed by atoms with van der Waals surface area (Å²) in [5.41, 5.74) is 2.70. The number of unbranched alkanes of at least 4 members (excludes halogenated alkanes) is 1. The van der Waals surface area contributed by atoms with E-state index in [9.17, 15) is 0 Å². The SMILES string of the molecule is CCNC(=NCc1ccccc1CC)NCCCCN(C)C(C)C.I. The molecular formula is C20H37IN4. The van der Waals surface area contributed by atoms with Crippen LogP contribution in [0.25, 0.3) is 0 Å². The molecule has 0 aromatic heterocycles. The van der Waals surface area contributed by atoms with Gasteiger partial charge < -0.3 is 15.5 Å². The van der Waals surface area contributed by atoms with Crippen LogP contribution in [0.2, 0.25) is 0 Å². The number of nitrogens with zero attached hydrogens (tertiary/aromatic N) is 2. The van der Waals surface area contributed by atoms with Gasteiger partial charge in [0, 0.05) is 19.1 Å². The van der Waals surface area contributed by atoms with Gasteiger partial charge >= 0.3 is 0 Å². The summed E-state index contributed by atoms with van der Waals surface area (Å²) in [5.74, 6) is 0.917. The zero-order valence-electron chi connectivity index (χ0n) is 16.6. The summed E-state index contributed by atoms with van der Waals surface area (Å²) in [7, 11) is 2.19. The van der Waals surface area contributed by atoms with Crippen molar-refractivity contribution in [1.82, 2.24) is 15.5 Å². The summed E-state index contributed by atoms with van der Waals surface area (Å²) in [4.78, 5) is 7.13. The van der Waals surface area contributed by atoms with Crippen LogP contribution in [-0.2, 0) is 13.0 Å². The molecule has 0 radical (unpaired) electrons. The van der Waals surface area contributed by atoms with E-state index in [2.05, 4.69) is 74.5 Å². The van der Waals surface area contributed by atoms with Crippen molar-refractivity contribution in [3.63, 3.8) is 0 Å². The Bertz CT molecular complexity index is 488. The van der Waals surface area contributed by atoms with E-state index in [0.717, 1.165) is 45.0 Å². The van der Waals surface area contributed by atoms with Crippen molar-refractivity contribution in [2.45, 2.75) is 59.5 Å². The average Bonchev–Trinajstić information content (AvgIpc) is 2.59. The average molecular weight is 460 g/mol. The lowest BCUT2D eigenvalue weighted by atomic mass is 10.1. The summed E-state index contributed by atoms with van der Waals surface area (Å²) in [6.07, 6.45) is 3.42. The van der Waals surface area contributed by atoms with Crippen molar-refractivity contribution < 1.29 is 0 Å². The fourth-order valence-electron chi connectivity index (χ4n) is 2.51. The Morgan fingerprint density at radius 3 is 2.36 bits per heavy atom. The van der Waals surface area contributed by atoms with E-state index in [-0.39, 0.29) is 24.0 Å². The molecule has 0 saturated carbocycles. The Labute approximate surface area is 171 Å². The molecular weight excluding hydrogens is 423 g/mol. The van der Waals surface area contributed by atoms with Gasteiger partial charge in [-0.15, -0.1) is 24.0 Å². The molecule has 1 aromatic rings. The number of guanidine groups is 1. The van der Waals surface area contributed by atoms with Gasteiger partial charge in [-0.1, -0.05) is 31.2 Å². The molecule has 1 rings (SSSR count). The van der Waals surface area contributed by atoms with Gasteiger partial charge in [-0.25, -0.2) is 4.99 Å². The molecule has 0 amide bonds. The maximum Gasteiger partial charge on any atom is 0.191 e. The third kappa shape index (κ3) is 10.0. The van der Waals surface area contributed by atoms with Crippen LogP contribution in [0.3, 0.4) is 0 Å². The molecule has 0 aliphatic heterocycles. The predicted molar refractivity (Wildman–Crippen MR) is 121 cm³/mol. The van der Waals surface area contributed by atoms with E-state index in [1.807, 2.05) is 0 Å². The number of benzene rings is 1. The van der Waals surface area contributed by atoms with Crippen LogP contribution in [0.5, 0.6) is 0 Å². The van der Waals surface area contributed by atoms with Gasteiger partial charge in [-0.2, -0.15) is 0 Å². The third-order valence-electron chi connectivity index (χ3n) is 4.36. The van der Waals surface area contributed by atoms with E-state index >= 15 is 0 Å². The number of hydrogen-bond acceptors (Lipinski definition) is 2. The minimum atomic E-state index is 0. The topological polar surface area (TPSA) is 39.7 Å². The second kappa shape index (κ2) is 14.4. The Hall–Kier alpha value is -0.820. The molecule has 1 aromatic carbocycles. The molecule has 25 heavy (non-hydrogen) atoms. The Morgan fingerprint density at radius 1 is 1.08 bits per heavy atom. The smallest absolute Gasteiger partial charge is 0.191 e. The monoisotopic (exact) mass is 460 g/mol. The minimum Gasteiger partial charge on any atom is -0.357 e. The van der Waals surface area contributed by atoms with Crippen molar-refractivity contribution in [1.29, 1.82) is 0 Å². The second-order valence-corrected chi connectivity index (χ2v) is 6.53. The summed E-state index contributed by atoms with van der Waals surface area (Å²) >= 11 is 0. The maximum atomic E-state index is 4.74. The van der Waals surface area contributed by atoms with Gasteiger partial charge in [0.05, 0.1) is 6.54 Å². The summed E-state index contributed by atoms with van der Waals surface area (Å²) in [5, 5.41) is 6.79. The van der Waals surface area contributed by atoms with Gasteiger partial charge in [-0.05, 0) is 64.8 Å². The number of halogens is 1. The highest BCUT2D eigenvalue weighted by atomic mass is 127. The molecule has 0 saturated heterocycles. The minimum absolute atomic E-state index is 0. The molecule has 0 fully saturated rings. The molecule has 0 atom stereocenters. The molecule has 0 bridgehead atoms. The first kappa shape index (κ1) is 24.2. The highest BCUT2D eigenvalue weighted by Crippen LogP contribution is 2.10. The van der Waals surface area contributed by atoms with Crippen molar-refractivity contribution in [3.05, 3.63) is 35.4 Å². The summed E-state index contributed by atoms with van der Waals surface area (Å²) in [6, 6.07) is 9.18. The number of nitrogens with one attached hydrogen (secondary N) is 2. The van der Waals surface area contributed by atoms with E-state index in [1.165, 1.54) is 17.5 Å². The molecule has 0 aliphatic rings. The molecule has 144 valence electrons. The van der Waals surface area contributed by atoms with Gasteiger partial charge in [0.1, 0.15) is 0 Å². The zero-order chi connectivity index (χ0) is 17.8. The fourth-order valence-corrected chi connectivity index (χ4v) is 2.51.